The first-order valence-electron chi connectivity index (χ1n) is 3.90. The van der Waals surface area contributed by atoms with E-state index in [2.05, 4.69) is 0 Å². The van der Waals surface area contributed by atoms with E-state index in [1.165, 1.54) is 0 Å². The first-order chi connectivity index (χ1) is 5.75. The summed E-state index contributed by atoms with van der Waals surface area (Å²) in [4.78, 5) is 0. The summed E-state index contributed by atoms with van der Waals surface area (Å²) >= 11 is 1.54. The van der Waals surface area contributed by atoms with Crippen molar-refractivity contribution in [1.29, 1.82) is 0 Å². The van der Waals surface area contributed by atoms with Crippen LogP contribution in [0.15, 0.2) is 21.7 Å². The molecular weight excluding hydrogens is 190 g/mol. The van der Waals surface area contributed by atoms with Crippen molar-refractivity contribution in [2.45, 2.75) is 22.8 Å². The summed E-state index contributed by atoms with van der Waals surface area (Å²) < 4.78 is 12.6. The van der Waals surface area contributed by atoms with Crippen molar-refractivity contribution < 1.29 is 4.21 Å². The van der Waals surface area contributed by atoms with Crippen LogP contribution in [0.25, 0.3) is 0 Å². The van der Waals surface area contributed by atoms with Gasteiger partial charge in [0.05, 0.1) is 15.0 Å². The zero-order valence-corrected chi connectivity index (χ0v) is 8.66. The molecule has 2 atom stereocenters. The van der Waals surface area contributed by atoms with Crippen molar-refractivity contribution in [2.75, 3.05) is 6.54 Å². The predicted molar refractivity (Wildman–Crippen MR) is 53.9 cm³/mol. The minimum atomic E-state index is -0.858. The van der Waals surface area contributed by atoms with E-state index in [1.807, 2.05) is 24.4 Å². The molecule has 0 amide bonds. The molecule has 0 aliphatic rings. The first kappa shape index (κ1) is 9.89. The van der Waals surface area contributed by atoms with Gasteiger partial charge in [0, 0.05) is 5.25 Å². The van der Waals surface area contributed by atoms with Gasteiger partial charge < -0.3 is 5.73 Å². The van der Waals surface area contributed by atoms with Gasteiger partial charge in [-0.25, -0.2) is 0 Å². The highest BCUT2D eigenvalue weighted by Gasteiger charge is 2.12. The molecule has 0 aromatic carbocycles. The van der Waals surface area contributed by atoms with Gasteiger partial charge >= 0.3 is 0 Å². The molecule has 2 nitrogen and oxygen atoms in total. The molecule has 0 saturated heterocycles. The molecule has 0 aliphatic carbocycles. The van der Waals surface area contributed by atoms with Crippen molar-refractivity contribution in [3.05, 3.63) is 17.5 Å². The molecule has 1 rings (SSSR count). The first-order valence-corrected chi connectivity index (χ1v) is 5.99. The van der Waals surface area contributed by atoms with Crippen LogP contribution < -0.4 is 5.73 Å². The van der Waals surface area contributed by atoms with Gasteiger partial charge in [-0.2, -0.15) is 0 Å². The molecule has 1 heterocycles. The second-order valence-electron chi connectivity index (χ2n) is 2.62. The van der Waals surface area contributed by atoms with Crippen molar-refractivity contribution in [2.24, 2.45) is 5.73 Å². The molecule has 1 aromatic rings. The van der Waals surface area contributed by atoms with Crippen LogP contribution >= 0.6 is 11.3 Å². The van der Waals surface area contributed by atoms with Gasteiger partial charge in [-0.15, -0.1) is 11.3 Å². The molecule has 0 saturated carbocycles. The van der Waals surface area contributed by atoms with E-state index in [0.717, 1.165) is 10.6 Å². The Hall–Kier alpha value is -0.190. The highest BCUT2D eigenvalue weighted by molar-refractivity contribution is 7.87. The smallest absolute Gasteiger partial charge is 0.0913 e. The van der Waals surface area contributed by atoms with E-state index in [-0.39, 0.29) is 5.25 Å². The van der Waals surface area contributed by atoms with Crippen molar-refractivity contribution in [3.8, 4) is 0 Å². The summed E-state index contributed by atoms with van der Waals surface area (Å²) in [5.74, 6) is 0. The fraction of sp³-hybridized carbons (Fsp3) is 0.500. The van der Waals surface area contributed by atoms with Crippen LogP contribution in [0, 0.1) is 0 Å². The second-order valence-corrected chi connectivity index (χ2v) is 5.66. The van der Waals surface area contributed by atoms with Gasteiger partial charge in [0.2, 0.25) is 0 Å². The van der Waals surface area contributed by atoms with Crippen LogP contribution in [0.5, 0.6) is 0 Å². The highest BCUT2D eigenvalue weighted by atomic mass is 32.2. The van der Waals surface area contributed by atoms with E-state index in [9.17, 15) is 4.21 Å². The lowest BCUT2D eigenvalue weighted by Gasteiger charge is -2.07. The molecule has 2 unspecified atom stereocenters. The summed E-state index contributed by atoms with van der Waals surface area (Å²) in [6.45, 7) is 2.58. The van der Waals surface area contributed by atoms with Crippen molar-refractivity contribution >= 4 is 22.1 Å². The Balaban J connectivity index is 2.59. The third-order valence-electron chi connectivity index (χ3n) is 1.63. The zero-order chi connectivity index (χ0) is 8.97. The Morgan fingerprint density at radius 3 is 3.00 bits per heavy atom. The molecule has 0 aliphatic heterocycles. The quantitative estimate of drug-likeness (QED) is 0.807. The molecule has 0 fully saturated rings. The van der Waals surface area contributed by atoms with Crippen LogP contribution in [-0.4, -0.2) is 16.0 Å². The molecule has 0 radical (unpaired) electrons. The summed E-state index contributed by atoms with van der Waals surface area (Å²) in [5.41, 5.74) is 5.39. The third kappa shape index (κ3) is 2.40. The minimum Gasteiger partial charge on any atom is -0.330 e. The highest BCUT2D eigenvalue weighted by Crippen LogP contribution is 2.18. The zero-order valence-electron chi connectivity index (χ0n) is 7.03. The largest absolute Gasteiger partial charge is 0.330 e. The van der Waals surface area contributed by atoms with E-state index < -0.39 is 10.8 Å². The standard InChI is InChI=1S/C8H13NOS2/c1-7(4-5-9)12(10)8-3-2-6-11-8/h2-3,6-7H,4-5,9H2,1H3. The summed E-state index contributed by atoms with van der Waals surface area (Å²) in [5, 5.41) is 2.12. The van der Waals surface area contributed by atoms with Gasteiger partial charge in [0.15, 0.2) is 0 Å². The van der Waals surface area contributed by atoms with E-state index in [0.29, 0.717) is 6.54 Å². The lowest BCUT2D eigenvalue weighted by atomic mass is 10.3. The Morgan fingerprint density at radius 2 is 2.50 bits per heavy atom. The number of thiophene rings is 1. The Bertz CT molecular complexity index is 246. The lowest BCUT2D eigenvalue weighted by Crippen LogP contribution is -2.15. The van der Waals surface area contributed by atoms with Crippen LogP contribution in [0.3, 0.4) is 0 Å². The maximum Gasteiger partial charge on any atom is 0.0913 e. The Labute approximate surface area is 79.2 Å². The monoisotopic (exact) mass is 203 g/mol. The Morgan fingerprint density at radius 1 is 1.75 bits per heavy atom. The molecular formula is C8H13NOS2. The molecule has 0 spiro atoms. The van der Waals surface area contributed by atoms with Crippen LogP contribution in [0.1, 0.15) is 13.3 Å². The number of nitrogens with two attached hydrogens (primary N) is 1. The lowest BCUT2D eigenvalue weighted by molar-refractivity contribution is 0.667. The van der Waals surface area contributed by atoms with Gasteiger partial charge in [-0.05, 0) is 24.4 Å². The van der Waals surface area contributed by atoms with E-state index in [4.69, 9.17) is 5.73 Å². The number of rotatable bonds is 4. The summed E-state index contributed by atoms with van der Waals surface area (Å²) in [6.07, 6.45) is 0.824. The van der Waals surface area contributed by atoms with Gasteiger partial charge in [-0.1, -0.05) is 13.0 Å². The minimum absolute atomic E-state index is 0.175. The third-order valence-corrected chi connectivity index (χ3v) is 4.57. The van der Waals surface area contributed by atoms with Crippen molar-refractivity contribution in [3.63, 3.8) is 0 Å². The maximum atomic E-state index is 11.7. The average molecular weight is 203 g/mol. The Kier molecular flexibility index (Phi) is 3.91. The molecule has 0 bridgehead atoms. The second kappa shape index (κ2) is 4.74. The summed E-state index contributed by atoms with van der Waals surface area (Å²) in [7, 11) is -0.858. The average Bonchev–Trinajstić information content (AvgIpc) is 2.55. The topological polar surface area (TPSA) is 43.1 Å². The molecule has 12 heavy (non-hydrogen) atoms. The van der Waals surface area contributed by atoms with Crippen LogP contribution in [-0.2, 0) is 10.8 Å². The maximum absolute atomic E-state index is 11.7. The van der Waals surface area contributed by atoms with Crippen molar-refractivity contribution in [1.82, 2.24) is 0 Å². The van der Waals surface area contributed by atoms with Crippen LogP contribution in [0.2, 0.25) is 0 Å². The predicted octanol–water partition coefficient (Wildman–Crippen LogP) is 1.59. The molecule has 2 N–H and O–H groups in total. The fourth-order valence-electron chi connectivity index (χ4n) is 0.918. The van der Waals surface area contributed by atoms with E-state index >= 15 is 0 Å². The van der Waals surface area contributed by atoms with E-state index in [1.54, 1.807) is 11.3 Å². The normalized spacial score (nSPS) is 15.8. The van der Waals surface area contributed by atoms with Crippen LogP contribution in [0.4, 0.5) is 0 Å². The summed E-state index contributed by atoms with van der Waals surface area (Å²) in [6, 6.07) is 3.83. The van der Waals surface area contributed by atoms with Gasteiger partial charge in [0.25, 0.3) is 0 Å². The molecule has 4 heteroatoms. The van der Waals surface area contributed by atoms with Gasteiger partial charge in [0.1, 0.15) is 0 Å². The van der Waals surface area contributed by atoms with Gasteiger partial charge in [-0.3, -0.25) is 4.21 Å². The fourth-order valence-corrected chi connectivity index (χ4v) is 3.36. The number of hydrogen-bond acceptors (Lipinski definition) is 3. The number of hydrogen-bond donors (Lipinski definition) is 1. The molecule has 68 valence electrons. The SMILES string of the molecule is CC(CCN)S(=O)c1cccs1. The molecule has 1 aromatic heterocycles.